The summed E-state index contributed by atoms with van der Waals surface area (Å²) in [6.07, 6.45) is 0.628. The first-order valence-corrected chi connectivity index (χ1v) is 4.86. The standard InChI is InChI=1S/C9H20N2O2/c1-7(5-10)11-6-9(12)3-4-13-8(9)2/h7-8,11-12H,3-6,10H2,1-2H3. The van der Waals surface area contributed by atoms with Crippen LogP contribution in [0.4, 0.5) is 0 Å². The van der Waals surface area contributed by atoms with Gasteiger partial charge in [0, 0.05) is 32.2 Å². The quantitative estimate of drug-likeness (QED) is 0.554. The van der Waals surface area contributed by atoms with Crippen molar-refractivity contribution < 1.29 is 9.84 Å². The van der Waals surface area contributed by atoms with Crippen molar-refractivity contribution in [1.82, 2.24) is 5.32 Å². The Balaban J connectivity index is 2.34. The summed E-state index contributed by atoms with van der Waals surface area (Å²) in [6.45, 7) is 5.71. The molecule has 4 nitrogen and oxygen atoms in total. The zero-order valence-electron chi connectivity index (χ0n) is 8.42. The molecule has 0 aromatic carbocycles. The summed E-state index contributed by atoms with van der Waals surface area (Å²) in [5.41, 5.74) is 4.75. The van der Waals surface area contributed by atoms with Crippen molar-refractivity contribution >= 4 is 0 Å². The SMILES string of the molecule is CC(CN)NCC1(O)CCOC1C. The molecule has 4 heteroatoms. The molecular weight excluding hydrogens is 168 g/mol. The van der Waals surface area contributed by atoms with Crippen molar-refractivity contribution in [2.45, 2.75) is 38.0 Å². The number of aliphatic hydroxyl groups is 1. The number of hydrogen-bond acceptors (Lipinski definition) is 4. The fraction of sp³-hybridized carbons (Fsp3) is 1.00. The summed E-state index contributed by atoms with van der Waals surface area (Å²) >= 11 is 0. The molecule has 1 aliphatic heterocycles. The van der Waals surface area contributed by atoms with Crippen LogP contribution in [0.15, 0.2) is 0 Å². The highest BCUT2D eigenvalue weighted by Gasteiger charge is 2.39. The average Bonchev–Trinajstić information content (AvgIpc) is 2.44. The minimum absolute atomic E-state index is 0.0787. The molecule has 0 radical (unpaired) electrons. The molecule has 1 rings (SSSR count). The van der Waals surface area contributed by atoms with Gasteiger partial charge in [0.1, 0.15) is 5.60 Å². The molecule has 13 heavy (non-hydrogen) atoms. The van der Waals surface area contributed by atoms with Crippen molar-refractivity contribution in [2.75, 3.05) is 19.7 Å². The van der Waals surface area contributed by atoms with Crippen LogP contribution in [0.2, 0.25) is 0 Å². The van der Waals surface area contributed by atoms with Gasteiger partial charge in [-0.15, -0.1) is 0 Å². The van der Waals surface area contributed by atoms with E-state index in [0.29, 0.717) is 26.1 Å². The van der Waals surface area contributed by atoms with E-state index in [1.54, 1.807) is 0 Å². The fourth-order valence-corrected chi connectivity index (χ4v) is 1.44. The number of ether oxygens (including phenoxy) is 1. The number of nitrogens with two attached hydrogens (primary N) is 1. The first kappa shape index (κ1) is 10.9. The van der Waals surface area contributed by atoms with Gasteiger partial charge in [0.25, 0.3) is 0 Å². The van der Waals surface area contributed by atoms with E-state index >= 15 is 0 Å². The van der Waals surface area contributed by atoms with Gasteiger partial charge in [-0.2, -0.15) is 0 Å². The molecule has 0 saturated carbocycles. The molecule has 0 amide bonds. The molecule has 0 spiro atoms. The van der Waals surface area contributed by atoms with E-state index in [2.05, 4.69) is 5.32 Å². The smallest absolute Gasteiger partial charge is 0.105 e. The molecule has 78 valence electrons. The fourth-order valence-electron chi connectivity index (χ4n) is 1.44. The minimum atomic E-state index is -0.705. The van der Waals surface area contributed by atoms with Gasteiger partial charge in [-0.25, -0.2) is 0 Å². The molecular formula is C9H20N2O2. The van der Waals surface area contributed by atoms with Crippen molar-refractivity contribution in [3.05, 3.63) is 0 Å². The summed E-state index contributed by atoms with van der Waals surface area (Å²) in [5, 5.41) is 13.3. The van der Waals surface area contributed by atoms with Crippen LogP contribution in [0.5, 0.6) is 0 Å². The van der Waals surface area contributed by atoms with Crippen molar-refractivity contribution in [1.29, 1.82) is 0 Å². The summed E-state index contributed by atoms with van der Waals surface area (Å²) in [6, 6.07) is 0.247. The van der Waals surface area contributed by atoms with Crippen molar-refractivity contribution in [3.63, 3.8) is 0 Å². The van der Waals surface area contributed by atoms with E-state index in [9.17, 15) is 5.11 Å². The highest BCUT2D eigenvalue weighted by atomic mass is 16.5. The van der Waals surface area contributed by atoms with Crippen LogP contribution in [0, 0.1) is 0 Å². The molecule has 0 aromatic rings. The Morgan fingerprint density at radius 1 is 1.77 bits per heavy atom. The molecule has 3 unspecified atom stereocenters. The van der Waals surface area contributed by atoms with Gasteiger partial charge in [0.2, 0.25) is 0 Å². The van der Waals surface area contributed by atoms with Gasteiger partial charge >= 0.3 is 0 Å². The molecule has 4 N–H and O–H groups in total. The number of hydrogen-bond donors (Lipinski definition) is 3. The Kier molecular flexibility index (Phi) is 3.67. The average molecular weight is 188 g/mol. The lowest BCUT2D eigenvalue weighted by atomic mass is 9.96. The van der Waals surface area contributed by atoms with E-state index in [0.717, 1.165) is 0 Å². The number of rotatable bonds is 4. The second-order valence-electron chi connectivity index (χ2n) is 3.88. The largest absolute Gasteiger partial charge is 0.386 e. The summed E-state index contributed by atoms with van der Waals surface area (Å²) in [7, 11) is 0. The van der Waals surface area contributed by atoms with E-state index in [4.69, 9.17) is 10.5 Å². The summed E-state index contributed by atoms with van der Waals surface area (Å²) < 4.78 is 5.31. The third kappa shape index (κ3) is 2.64. The molecule has 0 bridgehead atoms. The van der Waals surface area contributed by atoms with E-state index in [1.165, 1.54) is 0 Å². The van der Waals surface area contributed by atoms with Gasteiger partial charge in [-0.05, 0) is 13.8 Å². The maximum atomic E-state index is 10.1. The lowest BCUT2D eigenvalue weighted by Gasteiger charge is -2.27. The molecule has 3 atom stereocenters. The van der Waals surface area contributed by atoms with Crippen LogP contribution in [-0.2, 0) is 4.74 Å². The van der Waals surface area contributed by atoms with E-state index in [-0.39, 0.29) is 12.1 Å². The molecule has 1 aliphatic rings. The van der Waals surface area contributed by atoms with Crippen LogP contribution >= 0.6 is 0 Å². The van der Waals surface area contributed by atoms with Crippen LogP contribution < -0.4 is 11.1 Å². The Labute approximate surface area is 79.5 Å². The predicted octanol–water partition coefficient (Wildman–Crippen LogP) is -0.537. The highest BCUT2D eigenvalue weighted by Crippen LogP contribution is 2.24. The summed E-state index contributed by atoms with van der Waals surface area (Å²) in [4.78, 5) is 0. The van der Waals surface area contributed by atoms with Gasteiger partial charge < -0.3 is 20.9 Å². The third-order valence-corrected chi connectivity index (χ3v) is 2.77. The predicted molar refractivity (Wildman–Crippen MR) is 51.5 cm³/mol. The zero-order valence-corrected chi connectivity index (χ0v) is 8.42. The molecule has 1 saturated heterocycles. The highest BCUT2D eigenvalue weighted by molar-refractivity contribution is 4.92. The first-order chi connectivity index (χ1) is 6.08. The Hall–Kier alpha value is -0.160. The lowest BCUT2D eigenvalue weighted by Crippen LogP contribution is -2.49. The van der Waals surface area contributed by atoms with Gasteiger partial charge in [0.05, 0.1) is 6.10 Å². The van der Waals surface area contributed by atoms with E-state index < -0.39 is 5.60 Å². The van der Waals surface area contributed by atoms with Crippen LogP contribution in [0.3, 0.4) is 0 Å². The maximum absolute atomic E-state index is 10.1. The van der Waals surface area contributed by atoms with Crippen LogP contribution in [0.1, 0.15) is 20.3 Å². The summed E-state index contributed by atoms with van der Waals surface area (Å²) in [5.74, 6) is 0. The Bertz CT molecular complexity index is 166. The molecule has 0 aromatic heterocycles. The molecule has 1 heterocycles. The van der Waals surface area contributed by atoms with Gasteiger partial charge in [0.15, 0.2) is 0 Å². The second-order valence-corrected chi connectivity index (χ2v) is 3.88. The zero-order chi connectivity index (χ0) is 9.90. The van der Waals surface area contributed by atoms with E-state index in [1.807, 2.05) is 13.8 Å². The van der Waals surface area contributed by atoms with Crippen molar-refractivity contribution in [2.24, 2.45) is 5.73 Å². The third-order valence-electron chi connectivity index (χ3n) is 2.77. The Morgan fingerprint density at radius 3 is 2.92 bits per heavy atom. The van der Waals surface area contributed by atoms with Crippen LogP contribution in [0.25, 0.3) is 0 Å². The Morgan fingerprint density at radius 2 is 2.46 bits per heavy atom. The topological polar surface area (TPSA) is 67.5 Å². The molecule has 0 aliphatic carbocycles. The normalized spacial score (nSPS) is 36.5. The monoisotopic (exact) mass is 188 g/mol. The lowest BCUT2D eigenvalue weighted by molar-refractivity contribution is -0.0272. The van der Waals surface area contributed by atoms with Crippen LogP contribution in [-0.4, -0.2) is 42.5 Å². The first-order valence-electron chi connectivity index (χ1n) is 4.86. The molecule has 1 fully saturated rings. The second kappa shape index (κ2) is 4.37. The van der Waals surface area contributed by atoms with Gasteiger partial charge in [-0.1, -0.05) is 0 Å². The maximum Gasteiger partial charge on any atom is 0.105 e. The van der Waals surface area contributed by atoms with Crippen molar-refractivity contribution in [3.8, 4) is 0 Å². The number of nitrogens with one attached hydrogen (secondary N) is 1. The minimum Gasteiger partial charge on any atom is -0.386 e. The van der Waals surface area contributed by atoms with Gasteiger partial charge in [-0.3, -0.25) is 0 Å².